The molecule has 35 heavy (non-hydrogen) atoms. The first-order valence-corrected chi connectivity index (χ1v) is 11.4. The second kappa shape index (κ2) is 8.49. The topological polar surface area (TPSA) is 160 Å². The fourth-order valence-corrected chi connectivity index (χ4v) is 5.13. The molecule has 2 atom stereocenters. The van der Waals surface area contributed by atoms with Crippen LogP contribution in [-0.4, -0.2) is 60.9 Å². The summed E-state index contributed by atoms with van der Waals surface area (Å²) in [6.45, 7) is 2.16. The number of amides is 3. The van der Waals surface area contributed by atoms with Gasteiger partial charge >= 0.3 is 5.97 Å². The minimum absolute atomic E-state index is 0.0325. The van der Waals surface area contributed by atoms with Gasteiger partial charge < -0.3 is 21.1 Å². The van der Waals surface area contributed by atoms with E-state index in [-0.39, 0.29) is 23.0 Å². The summed E-state index contributed by atoms with van der Waals surface area (Å²) in [7, 11) is 0. The largest absolute Gasteiger partial charge is 0.478 e. The molecule has 5 rings (SSSR count). The van der Waals surface area contributed by atoms with E-state index < -0.39 is 29.7 Å². The first-order chi connectivity index (χ1) is 16.8. The number of carboxylic acids is 1. The number of carbonyl (C=O) groups excluding carboxylic acids is 3. The normalized spacial score (nSPS) is 19.1. The maximum absolute atomic E-state index is 13.4. The van der Waals surface area contributed by atoms with Gasteiger partial charge in [0.15, 0.2) is 5.65 Å². The fraction of sp³-hybridized carbons (Fsp3) is 0.333. The average molecular weight is 476 g/mol. The van der Waals surface area contributed by atoms with Gasteiger partial charge in [-0.25, -0.2) is 14.3 Å². The summed E-state index contributed by atoms with van der Waals surface area (Å²) in [5, 5.41) is 16.6. The number of carbonyl (C=O) groups is 4. The molecule has 3 amide bonds. The third-order valence-corrected chi connectivity index (χ3v) is 6.88. The van der Waals surface area contributed by atoms with E-state index in [4.69, 9.17) is 5.73 Å². The van der Waals surface area contributed by atoms with E-state index in [0.717, 1.165) is 11.1 Å². The first kappa shape index (κ1) is 22.5. The van der Waals surface area contributed by atoms with E-state index in [9.17, 15) is 24.3 Å². The summed E-state index contributed by atoms with van der Waals surface area (Å²) in [5.41, 5.74) is 8.71. The van der Waals surface area contributed by atoms with E-state index in [2.05, 4.69) is 15.4 Å². The van der Waals surface area contributed by atoms with Crippen molar-refractivity contribution in [2.45, 2.75) is 44.7 Å². The lowest BCUT2D eigenvalue weighted by atomic mass is 9.98. The fourth-order valence-electron chi connectivity index (χ4n) is 5.13. The van der Waals surface area contributed by atoms with Crippen LogP contribution in [0.1, 0.15) is 73.3 Å². The highest BCUT2D eigenvalue weighted by Gasteiger charge is 2.35. The zero-order chi connectivity index (χ0) is 24.9. The van der Waals surface area contributed by atoms with Crippen LogP contribution >= 0.6 is 0 Å². The predicted molar refractivity (Wildman–Crippen MR) is 123 cm³/mol. The molecule has 0 spiro atoms. The van der Waals surface area contributed by atoms with E-state index in [0.29, 0.717) is 43.4 Å². The summed E-state index contributed by atoms with van der Waals surface area (Å²) >= 11 is 0. The van der Waals surface area contributed by atoms with Crippen molar-refractivity contribution in [3.05, 3.63) is 64.1 Å². The van der Waals surface area contributed by atoms with Gasteiger partial charge in [-0.2, -0.15) is 5.10 Å². The molecule has 0 saturated carbocycles. The Labute approximate surface area is 199 Å². The number of benzene rings is 1. The number of hydrogen-bond acceptors (Lipinski definition) is 6. The van der Waals surface area contributed by atoms with E-state index in [1.807, 2.05) is 0 Å². The Kier molecular flexibility index (Phi) is 5.46. The van der Waals surface area contributed by atoms with Crippen LogP contribution in [0, 0.1) is 6.92 Å². The van der Waals surface area contributed by atoms with Gasteiger partial charge in [-0.3, -0.25) is 14.4 Å². The van der Waals surface area contributed by atoms with Crippen molar-refractivity contribution < 1.29 is 24.3 Å². The predicted octanol–water partition coefficient (Wildman–Crippen LogP) is 1.24. The van der Waals surface area contributed by atoms with Gasteiger partial charge in [0.1, 0.15) is 17.4 Å². The number of aromatic carboxylic acids is 1. The lowest BCUT2D eigenvalue weighted by Crippen LogP contribution is -2.44. The van der Waals surface area contributed by atoms with Gasteiger partial charge in [-0.15, -0.1) is 0 Å². The minimum Gasteiger partial charge on any atom is -0.478 e. The molecule has 1 aromatic carbocycles. The zero-order valence-corrected chi connectivity index (χ0v) is 19.0. The van der Waals surface area contributed by atoms with Crippen LogP contribution < -0.4 is 11.1 Å². The Hall–Kier alpha value is -4.28. The Morgan fingerprint density at radius 3 is 2.71 bits per heavy atom. The van der Waals surface area contributed by atoms with Crippen molar-refractivity contribution in [3.8, 4) is 0 Å². The second-order valence-electron chi connectivity index (χ2n) is 8.86. The number of nitrogens with one attached hydrogen (secondary N) is 1. The van der Waals surface area contributed by atoms with Crippen molar-refractivity contribution in [2.24, 2.45) is 5.73 Å². The Morgan fingerprint density at radius 2 is 1.97 bits per heavy atom. The third kappa shape index (κ3) is 3.78. The number of nitrogens with zero attached hydrogens (tertiary/aromatic N) is 4. The quantitative estimate of drug-likeness (QED) is 0.499. The van der Waals surface area contributed by atoms with Gasteiger partial charge in [0.05, 0.1) is 17.8 Å². The van der Waals surface area contributed by atoms with Crippen LogP contribution in [-0.2, 0) is 11.2 Å². The van der Waals surface area contributed by atoms with Gasteiger partial charge in [0, 0.05) is 18.7 Å². The molecule has 3 heterocycles. The highest BCUT2D eigenvalue weighted by atomic mass is 16.4. The molecule has 4 N–H and O–H groups in total. The molecule has 1 fully saturated rings. The number of aromatic nitrogens is 3. The summed E-state index contributed by atoms with van der Waals surface area (Å²) < 4.78 is 1.36. The molecular weight excluding hydrogens is 452 g/mol. The van der Waals surface area contributed by atoms with Gasteiger partial charge in [-0.1, -0.05) is 6.07 Å². The molecule has 0 unspecified atom stereocenters. The molecular formula is C24H24N6O5. The number of likely N-dealkylation sites (tertiary alicyclic amines) is 1. The first-order valence-electron chi connectivity index (χ1n) is 11.4. The molecule has 11 nitrogen and oxygen atoms in total. The van der Waals surface area contributed by atoms with Gasteiger partial charge in [0.2, 0.25) is 5.91 Å². The Morgan fingerprint density at radius 1 is 1.17 bits per heavy atom. The maximum atomic E-state index is 13.4. The van der Waals surface area contributed by atoms with Crippen LogP contribution in [0.25, 0.3) is 5.65 Å². The van der Waals surface area contributed by atoms with Crippen molar-refractivity contribution >= 4 is 29.3 Å². The SMILES string of the molecule is Cc1c(C(=O)O)ccc2c1CC[C@@H]2NC(=O)c1cc(C(=O)N2CCC[C@@H]2C(N)=O)nc2ccnn12. The smallest absolute Gasteiger partial charge is 0.335 e. The minimum atomic E-state index is -0.982. The van der Waals surface area contributed by atoms with Crippen LogP contribution in [0.15, 0.2) is 30.5 Å². The van der Waals surface area contributed by atoms with Crippen LogP contribution in [0.3, 0.4) is 0 Å². The molecule has 1 saturated heterocycles. The Balaban J connectivity index is 1.45. The number of primary amides is 1. The summed E-state index contributed by atoms with van der Waals surface area (Å²) in [6, 6.07) is 5.26. The second-order valence-corrected chi connectivity index (χ2v) is 8.86. The van der Waals surface area contributed by atoms with Crippen molar-refractivity contribution in [1.82, 2.24) is 24.8 Å². The van der Waals surface area contributed by atoms with Crippen molar-refractivity contribution in [1.29, 1.82) is 0 Å². The van der Waals surface area contributed by atoms with Crippen LogP contribution in [0.5, 0.6) is 0 Å². The van der Waals surface area contributed by atoms with E-state index >= 15 is 0 Å². The zero-order valence-electron chi connectivity index (χ0n) is 19.0. The summed E-state index contributed by atoms with van der Waals surface area (Å²) in [4.78, 5) is 55.5. The number of hydrogen-bond donors (Lipinski definition) is 3. The van der Waals surface area contributed by atoms with E-state index in [1.54, 1.807) is 25.1 Å². The van der Waals surface area contributed by atoms with Crippen molar-refractivity contribution in [2.75, 3.05) is 6.54 Å². The van der Waals surface area contributed by atoms with E-state index in [1.165, 1.54) is 21.7 Å². The maximum Gasteiger partial charge on any atom is 0.335 e. The number of carboxylic acid groups (broad SMARTS) is 1. The third-order valence-electron chi connectivity index (χ3n) is 6.88. The molecule has 0 bridgehead atoms. The monoisotopic (exact) mass is 476 g/mol. The number of fused-ring (bicyclic) bond motifs is 2. The van der Waals surface area contributed by atoms with Crippen LogP contribution in [0.2, 0.25) is 0 Å². The van der Waals surface area contributed by atoms with Gasteiger partial charge in [0.25, 0.3) is 11.8 Å². The Bertz CT molecular complexity index is 1400. The van der Waals surface area contributed by atoms with Crippen LogP contribution in [0.4, 0.5) is 0 Å². The molecule has 3 aromatic rings. The molecule has 180 valence electrons. The van der Waals surface area contributed by atoms with Crippen molar-refractivity contribution in [3.63, 3.8) is 0 Å². The summed E-state index contributed by atoms with van der Waals surface area (Å²) in [5.74, 6) is -2.46. The molecule has 2 aromatic heterocycles. The molecule has 1 aliphatic heterocycles. The number of nitrogens with two attached hydrogens (primary N) is 1. The molecule has 2 aliphatic rings. The molecule has 1 aliphatic carbocycles. The molecule has 11 heteroatoms. The highest BCUT2D eigenvalue weighted by molar-refractivity contribution is 6.00. The lowest BCUT2D eigenvalue weighted by Gasteiger charge is -2.22. The summed E-state index contributed by atoms with van der Waals surface area (Å²) in [6.07, 6.45) is 3.91. The lowest BCUT2D eigenvalue weighted by molar-refractivity contribution is -0.121. The molecule has 0 radical (unpaired) electrons. The number of rotatable bonds is 5. The highest BCUT2D eigenvalue weighted by Crippen LogP contribution is 2.35. The average Bonchev–Trinajstić information content (AvgIpc) is 3.57. The van der Waals surface area contributed by atoms with Gasteiger partial charge in [-0.05, 0) is 55.4 Å². The standard InChI is InChI=1S/C24H24N6O5/c1-12-13-6-7-16(15(13)5-4-14(12)24(34)35)28-22(32)19-11-17(27-20-8-9-26-30(19)20)23(33)29-10-2-3-18(29)21(25)31/h4-5,8-9,11,16,18H,2-3,6-7,10H2,1H3,(H2,25,31)(H,28,32)(H,34,35)/t16-,18+/m0/s1.